The summed E-state index contributed by atoms with van der Waals surface area (Å²) in [5.74, 6) is 0.390. The largest absolute Gasteiger partial charge is 0.506 e. The lowest BCUT2D eigenvalue weighted by Gasteiger charge is -2.27. The molecule has 0 unspecified atom stereocenters. The summed E-state index contributed by atoms with van der Waals surface area (Å²) in [6.07, 6.45) is 0. The quantitative estimate of drug-likeness (QED) is 0.795. The molecule has 0 amide bonds. The van der Waals surface area contributed by atoms with Crippen molar-refractivity contribution in [2.24, 2.45) is 5.92 Å². The summed E-state index contributed by atoms with van der Waals surface area (Å²) in [6, 6.07) is 4.77. The molecule has 1 aliphatic heterocycles. The second kappa shape index (κ2) is 4.26. The molecule has 0 bridgehead atoms. The predicted octanol–water partition coefficient (Wildman–Crippen LogP) is 0.975. The van der Waals surface area contributed by atoms with Crippen LogP contribution in [0.3, 0.4) is 0 Å². The van der Waals surface area contributed by atoms with Crippen molar-refractivity contribution in [1.29, 1.82) is 0 Å². The minimum Gasteiger partial charge on any atom is -0.506 e. The number of phenols is 1. The van der Waals surface area contributed by atoms with Gasteiger partial charge in [-0.15, -0.1) is 0 Å². The molecule has 5 nitrogen and oxygen atoms in total. The maximum absolute atomic E-state index is 12.3. The van der Waals surface area contributed by atoms with E-state index in [4.69, 9.17) is 11.6 Å². The first-order valence-corrected chi connectivity index (χ1v) is 6.13. The van der Waals surface area contributed by atoms with Crippen molar-refractivity contribution in [2.75, 3.05) is 13.1 Å². The highest BCUT2D eigenvalue weighted by molar-refractivity contribution is 6.28. The Bertz CT molecular complexity index is 664. The maximum Gasteiger partial charge on any atom is 0.262 e. The van der Waals surface area contributed by atoms with E-state index in [2.05, 4.69) is 10.3 Å². The number of hydrogen-bond donors (Lipinski definition) is 2. The number of nitrogens with zero attached hydrogens (tertiary/aromatic N) is 2. The minimum absolute atomic E-state index is 0.0241. The van der Waals surface area contributed by atoms with Crippen LogP contribution in [0.25, 0.3) is 10.9 Å². The number of nitrogens with one attached hydrogen (secondary N) is 1. The van der Waals surface area contributed by atoms with Gasteiger partial charge in [0, 0.05) is 25.6 Å². The van der Waals surface area contributed by atoms with Gasteiger partial charge in [-0.1, -0.05) is 6.07 Å². The molecule has 18 heavy (non-hydrogen) atoms. The lowest BCUT2D eigenvalue weighted by atomic mass is 10.0. The summed E-state index contributed by atoms with van der Waals surface area (Å²) in [5, 5.41) is 13.3. The Hall–Kier alpha value is -1.59. The van der Waals surface area contributed by atoms with Gasteiger partial charge in [0.2, 0.25) is 5.28 Å². The van der Waals surface area contributed by atoms with Crippen LogP contribution < -0.4 is 10.9 Å². The van der Waals surface area contributed by atoms with Crippen LogP contribution in [-0.2, 0) is 6.54 Å². The molecule has 0 spiro atoms. The van der Waals surface area contributed by atoms with Crippen LogP contribution in [0.4, 0.5) is 0 Å². The van der Waals surface area contributed by atoms with Crippen molar-refractivity contribution < 1.29 is 5.11 Å². The number of benzene rings is 1. The zero-order chi connectivity index (χ0) is 12.7. The number of fused-ring (bicyclic) bond motifs is 1. The molecule has 2 N–H and O–H groups in total. The molecule has 1 aliphatic rings. The molecule has 2 aromatic rings. The number of phenolic OH excluding ortho intramolecular Hbond substituents is 1. The van der Waals surface area contributed by atoms with Gasteiger partial charge in [0.1, 0.15) is 11.3 Å². The van der Waals surface area contributed by atoms with Crippen molar-refractivity contribution in [3.8, 4) is 5.75 Å². The van der Waals surface area contributed by atoms with Crippen LogP contribution in [0.5, 0.6) is 5.75 Å². The van der Waals surface area contributed by atoms with E-state index in [9.17, 15) is 9.90 Å². The van der Waals surface area contributed by atoms with Gasteiger partial charge in [-0.3, -0.25) is 9.36 Å². The van der Waals surface area contributed by atoms with E-state index in [0.717, 1.165) is 13.1 Å². The lowest BCUT2D eigenvalue weighted by molar-refractivity contribution is 0.303. The van der Waals surface area contributed by atoms with E-state index in [1.54, 1.807) is 12.1 Å². The van der Waals surface area contributed by atoms with E-state index in [0.29, 0.717) is 17.8 Å². The standard InChI is InChI=1S/C12H12ClN3O2/c13-12-15-10-8(2-1-3-9(10)17)11(18)16(12)6-7-4-14-5-7/h1-3,7,14,17H,4-6H2. The molecule has 1 fully saturated rings. The zero-order valence-corrected chi connectivity index (χ0v) is 10.3. The highest BCUT2D eigenvalue weighted by Crippen LogP contribution is 2.21. The van der Waals surface area contributed by atoms with Crippen LogP contribution in [0.15, 0.2) is 23.0 Å². The molecule has 1 saturated heterocycles. The molecule has 0 saturated carbocycles. The summed E-state index contributed by atoms with van der Waals surface area (Å²) < 4.78 is 1.47. The highest BCUT2D eigenvalue weighted by Gasteiger charge is 2.20. The van der Waals surface area contributed by atoms with Gasteiger partial charge in [0.05, 0.1) is 5.39 Å². The Labute approximate surface area is 108 Å². The fraction of sp³-hybridized carbons (Fsp3) is 0.333. The van der Waals surface area contributed by atoms with Crippen molar-refractivity contribution >= 4 is 22.5 Å². The first-order chi connectivity index (χ1) is 8.66. The van der Waals surface area contributed by atoms with Gasteiger partial charge in [-0.05, 0) is 23.7 Å². The van der Waals surface area contributed by atoms with Crippen molar-refractivity contribution in [1.82, 2.24) is 14.9 Å². The van der Waals surface area contributed by atoms with Crippen LogP contribution in [0.1, 0.15) is 0 Å². The molecule has 0 atom stereocenters. The van der Waals surface area contributed by atoms with Gasteiger partial charge >= 0.3 is 0 Å². The topological polar surface area (TPSA) is 67.1 Å². The monoisotopic (exact) mass is 265 g/mol. The smallest absolute Gasteiger partial charge is 0.262 e. The van der Waals surface area contributed by atoms with Crippen LogP contribution >= 0.6 is 11.6 Å². The van der Waals surface area contributed by atoms with E-state index in [1.807, 2.05) is 0 Å². The first kappa shape index (κ1) is 11.5. The Balaban J connectivity index is 2.17. The number of aromatic hydroxyl groups is 1. The normalized spacial score (nSPS) is 15.8. The van der Waals surface area contributed by atoms with Crippen LogP contribution in [0, 0.1) is 5.92 Å². The van der Waals surface area contributed by atoms with Crippen molar-refractivity contribution in [3.63, 3.8) is 0 Å². The van der Waals surface area contributed by atoms with Crippen LogP contribution in [-0.4, -0.2) is 27.7 Å². The SMILES string of the molecule is O=c1c2cccc(O)c2nc(Cl)n1CC1CNC1. The summed E-state index contributed by atoms with van der Waals surface area (Å²) in [7, 11) is 0. The molecule has 1 aromatic carbocycles. The predicted molar refractivity (Wildman–Crippen MR) is 69.0 cm³/mol. The number of hydrogen-bond acceptors (Lipinski definition) is 4. The molecule has 6 heteroatoms. The molecule has 3 rings (SSSR count). The number of halogens is 1. The second-order valence-corrected chi connectivity index (χ2v) is 4.83. The van der Waals surface area contributed by atoms with E-state index < -0.39 is 0 Å². The second-order valence-electron chi connectivity index (χ2n) is 4.49. The van der Waals surface area contributed by atoms with Crippen molar-refractivity contribution in [3.05, 3.63) is 33.8 Å². The Morgan fingerprint density at radius 2 is 2.28 bits per heavy atom. The lowest BCUT2D eigenvalue weighted by Crippen LogP contribution is -2.45. The minimum atomic E-state index is -0.201. The average Bonchev–Trinajstić information content (AvgIpc) is 2.28. The van der Waals surface area contributed by atoms with Gasteiger partial charge in [-0.25, -0.2) is 4.98 Å². The molecule has 0 radical (unpaired) electrons. The van der Waals surface area contributed by atoms with E-state index >= 15 is 0 Å². The summed E-state index contributed by atoms with van der Waals surface area (Å²) >= 11 is 6.03. The summed E-state index contributed by atoms with van der Waals surface area (Å²) in [5.41, 5.74) is 0.0586. The number of aromatic nitrogens is 2. The molecule has 1 aromatic heterocycles. The average molecular weight is 266 g/mol. The number of rotatable bonds is 2. The Morgan fingerprint density at radius 1 is 1.50 bits per heavy atom. The summed E-state index contributed by atoms with van der Waals surface area (Å²) in [4.78, 5) is 16.4. The summed E-state index contributed by atoms with van der Waals surface area (Å²) in [6.45, 7) is 2.34. The van der Waals surface area contributed by atoms with Crippen LogP contribution in [0.2, 0.25) is 5.28 Å². The molecular weight excluding hydrogens is 254 g/mol. The third kappa shape index (κ3) is 1.76. The third-order valence-electron chi connectivity index (χ3n) is 3.22. The Kier molecular flexibility index (Phi) is 2.72. The maximum atomic E-state index is 12.3. The van der Waals surface area contributed by atoms with Gasteiger partial charge < -0.3 is 10.4 Å². The molecule has 2 heterocycles. The first-order valence-electron chi connectivity index (χ1n) is 5.75. The van der Waals surface area contributed by atoms with Gasteiger partial charge in [0.25, 0.3) is 5.56 Å². The van der Waals surface area contributed by atoms with Crippen molar-refractivity contribution in [2.45, 2.75) is 6.54 Å². The molecule has 0 aliphatic carbocycles. The van der Waals surface area contributed by atoms with Gasteiger partial charge in [0.15, 0.2) is 0 Å². The Morgan fingerprint density at radius 3 is 2.94 bits per heavy atom. The van der Waals surface area contributed by atoms with E-state index in [1.165, 1.54) is 10.6 Å². The third-order valence-corrected chi connectivity index (χ3v) is 3.51. The molecule has 94 valence electrons. The van der Waals surface area contributed by atoms with E-state index in [-0.39, 0.29) is 22.1 Å². The fourth-order valence-corrected chi connectivity index (χ4v) is 2.33. The fourth-order valence-electron chi connectivity index (χ4n) is 2.10. The zero-order valence-electron chi connectivity index (χ0n) is 9.56. The van der Waals surface area contributed by atoms with Gasteiger partial charge in [-0.2, -0.15) is 0 Å². The number of para-hydroxylation sites is 1. The molecular formula is C12H12ClN3O2. The highest BCUT2D eigenvalue weighted by atomic mass is 35.5.